The molecule has 3 fully saturated rings. The van der Waals surface area contributed by atoms with Crippen LogP contribution in [0.4, 0.5) is 14.6 Å². The van der Waals surface area contributed by atoms with Crippen LogP contribution in [0.15, 0.2) is 36.5 Å². The van der Waals surface area contributed by atoms with E-state index >= 15 is 0 Å². The van der Waals surface area contributed by atoms with Crippen molar-refractivity contribution in [1.82, 2.24) is 15.2 Å². The second-order valence-electron chi connectivity index (χ2n) is 10.8. The molecule has 2 heterocycles. The van der Waals surface area contributed by atoms with Crippen molar-refractivity contribution in [3.8, 4) is 11.1 Å². The number of rotatable bonds is 6. The third-order valence-corrected chi connectivity index (χ3v) is 8.19. The number of aliphatic hydroxyl groups excluding tert-OH is 1. The molecule has 4 N–H and O–H groups in total. The Balaban J connectivity index is 1.30. The van der Waals surface area contributed by atoms with Crippen molar-refractivity contribution < 1.29 is 18.7 Å². The Kier molecular flexibility index (Phi) is 6.30. The van der Waals surface area contributed by atoms with Crippen LogP contribution in [0.1, 0.15) is 61.4 Å². The summed E-state index contributed by atoms with van der Waals surface area (Å²) >= 11 is 0. The number of aromatic nitrogens is 1. The number of nitrogens with zero attached hydrogens (tertiary/aromatic N) is 2. The van der Waals surface area contributed by atoms with E-state index in [1.165, 1.54) is 5.56 Å². The summed E-state index contributed by atoms with van der Waals surface area (Å²) in [6, 6.07) is 10.0. The zero-order chi connectivity index (χ0) is 24.8. The highest BCUT2D eigenvalue weighted by Gasteiger charge is 2.54. The van der Waals surface area contributed by atoms with Crippen LogP contribution >= 0.6 is 0 Å². The van der Waals surface area contributed by atoms with Crippen LogP contribution in [0, 0.1) is 5.92 Å². The number of carbonyl (C=O) groups excluding carboxylic acids is 1. The van der Waals surface area contributed by atoms with Gasteiger partial charge in [-0.1, -0.05) is 24.3 Å². The molecule has 0 unspecified atom stereocenters. The van der Waals surface area contributed by atoms with E-state index in [1.807, 2.05) is 17.0 Å². The van der Waals surface area contributed by atoms with Crippen molar-refractivity contribution in [2.45, 2.75) is 68.9 Å². The zero-order valence-electron chi connectivity index (χ0n) is 20.1. The molecule has 35 heavy (non-hydrogen) atoms. The molecule has 2 atom stereocenters. The average Bonchev–Trinajstić information content (AvgIpc) is 3.04. The van der Waals surface area contributed by atoms with E-state index in [1.54, 1.807) is 12.3 Å². The molecule has 0 radical (unpaired) electrons. The van der Waals surface area contributed by atoms with E-state index in [0.717, 1.165) is 50.3 Å². The van der Waals surface area contributed by atoms with Gasteiger partial charge in [-0.05, 0) is 61.6 Å². The third kappa shape index (κ3) is 4.91. The molecule has 1 aromatic carbocycles. The van der Waals surface area contributed by atoms with Gasteiger partial charge in [0.05, 0.1) is 18.2 Å². The fourth-order valence-corrected chi connectivity index (χ4v) is 6.22. The third-order valence-electron chi connectivity index (χ3n) is 8.19. The lowest BCUT2D eigenvalue weighted by Gasteiger charge is -2.45. The second-order valence-corrected chi connectivity index (χ2v) is 10.8. The Morgan fingerprint density at radius 1 is 1.20 bits per heavy atom. The van der Waals surface area contributed by atoms with Gasteiger partial charge in [-0.3, -0.25) is 9.69 Å². The van der Waals surface area contributed by atoms with Gasteiger partial charge >= 0.3 is 0 Å². The summed E-state index contributed by atoms with van der Waals surface area (Å²) in [6.45, 7) is 2.20. The Labute approximate surface area is 204 Å². The van der Waals surface area contributed by atoms with Gasteiger partial charge in [0.1, 0.15) is 5.82 Å². The smallest absolute Gasteiger partial charge is 0.257 e. The molecule has 188 valence electrons. The highest BCUT2D eigenvalue weighted by molar-refractivity contribution is 5.99. The summed E-state index contributed by atoms with van der Waals surface area (Å²) in [7, 11) is 0. The van der Waals surface area contributed by atoms with Gasteiger partial charge in [0, 0.05) is 43.2 Å². The Morgan fingerprint density at radius 2 is 1.91 bits per heavy atom. The van der Waals surface area contributed by atoms with Crippen LogP contribution in [0.25, 0.3) is 11.1 Å². The molecular formula is C27H34F2N4O2. The number of hydrogen-bond donors (Lipinski definition) is 3. The molecule has 1 aliphatic heterocycles. The van der Waals surface area contributed by atoms with E-state index in [0.29, 0.717) is 30.9 Å². The number of halogens is 2. The van der Waals surface area contributed by atoms with Crippen molar-refractivity contribution in [1.29, 1.82) is 0 Å². The number of alkyl halides is 2. The van der Waals surface area contributed by atoms with Gasteiger partial charge in [0.25, 0.3) is 11.8 Å². The number of hydrogen-bond acceptors (Lipinski definition) is 5. The van der Waals surface area contributed by atoms with E-state index in [2.05, 4.69) is 22.4 Å². The number of pyridine rings is 1. The summed E-state index contributed by atoms with van der Waals surface area (Å²) in [5, 5.41) is 12.7. The van der Waals surface area contributed by atoms with E-state index in [-0.39, 0.29) is 35.8 Å². The minimum absolute atomic E-state index is 0.0292. The number of nitrogens with two attached hydrogens (primary N) is 1. The van der Waals surface area contributed by atoms with Crippen molar-refractivity contribution >= 4 is 11.7 Å². The minimum atomic E-state index is -2.68. The van der Waals surface area contributed by atoms with Crippen LogP contribution in [-0.2, 0) is 5.41 Å². The number of aliphatic hydroxyl groups is 1. The SMILES string of the molecule is CC(F)(F)CN1C[C@H]2CC[C@@]2(c2ccc(-c3cnc(N)c(C(=O)N[C@H]4CC[C@H](O)CC4)c3)cc2)C1. The molecular weight excluding hydrogens is 450 g/mol. The number of benzene rings is 1. The number of fused-ring (bicyclic) bond motifs is 1. The van der Waals surface area contributed by atoms with Crippen LogP contribution in [-0.4, -0.2) is 58.6 Å². The lowest BCUT2D eigenvalue weighted by molar-refractivity contribution is -0.00972. The summed E-state index contributed by atoms with van der Waals surface area (Å²) in [5.74, 6) is -2.32. The summed E-state index contributed by atoms with van der Waals surface area (Å²) in [5.41, 5.74) is 9.26. The standard InChI is InChI=1S/C27H34F2N4O2/c1-26(28,29)15-33-14-20-10-11-27(20,16-33)19-4-2-17(3-5-19)18-12-23(24(30)31-13-18)25(35)32-21-6-8-22(34)9-7-21/h2-5,12-13,20-22,34H,6-11,14-16H2,1H3,(H2,30,31)(H,32,35)/t20-,21-,22-,27+/m1/s1. The molecule has 6 nitrogen and oxygen atoms in total. The van der Waals surface area contributed by atoms with E-state index < -0.39 is 5.92 Å². The summed E-state index contributed by atoms with van der Waals surface area (Å²) < 4.78 is 27.2. The van der Waals surface area contributed by atoms with Crippen LogP contribution < -0.4 is 11.1 Å². The second kappa shape index (κ2) is 9.13. The Hall–Kier alpha value is -2.58. The summed E-state index contributed by atoms with van der Waals surface area (Å²) in [6.07, 6.45) is 6.36. The topological polar surface area (TPSA) is 91.5 Å². The summed E-state index contributed by atoms with van der Waals surface area (Å²) in [4.78, 5) is 19.1. The van der Waals surface area contributed by atoms with E-state index in [4.69, 9.17) is 5.73 Å². The molecule has 8 heteroatoms. The number of carbonyl (C=O) groups is 1. The maximum atomic E-state index is 13.6. The average molecular weight is 485 g/mol. The van der Waals surface area contributed by atoms with Crippen LogP contribution in [0.3, 0.4) is 0 Å². The molecule has 2 aromatic rings. The van der Waals surface area contributed by atoms with Gasteiger partial charge < -0.3 is 16.2 Å². The molecule has 5 rings (SSSR count). The predicted octanol–water partition coefficient (Wildman–Crippen LogP) is 3.98. The minimum Gasteiger partial charge on any atom is -0.393 e. The monoisotopic (exact) mass is 484 g/mol. The lowest BCUT2D eigenvalue weighted by Crippen LogP contribution is -2.44. The van der Waals surface area contributed by atoms with Gasteiger partial charge in [-0.15, -0.1) is 0 Å². The first-order valence-electron chi connectivity index (χ1n) is 12.6. The Bertz CT molecular complexity index is 1080. The first-order valence-corrected chi connectivity index (χ1v) is 12.6. The van der Waals surface area contributed by atoms with Gasteiger partial charge in [0.2, 0.25) is 0 Å². The fraction of sp³-hybridized carbons (Fsp3) is 0.556. The molecule has 1 aromatic heterocycles. The number of nitrogens with one attached hydrogen (secondary N) is 1. The van der Waals surface area contributed by atoms with Crippen molar-refractivity contribution in [3.63, 3.8) is 0 Å². The molecule has 0 bridgehead atoms. The van der Waals surface area contributed by atoms with Crippen LogP contribution in [0.2, 0.25) is 0 Å². The number of amides is 1. The maximum Gasteiger partial charge on any atom is 0.257 e. The number of anilines is 1. The first-order chi connectivity index (χ1) is 16.6. The molecule has 1 saturated heterocycles. The van der Waals surface area contributed by atoms with Gasteiger partial charge in [0.15, 0.2) is 0 Å². The zero-order valence-corrected chi connectivity index (χ0v) is 20.1. The molecule has 3 aliphatic rings. The first kappa shape index (κ1) is 24.1. The number of likely N-dealkylation sites (tertiary alicyclic amines) is 1. The van der Waals surface area contributed by atoms with Crippen LogP contribution in [0.5, 0.6) is 0 Å². The normalized spacial score (nSPS) is 28.9. The quantitative estimate of drug-likeness (QED) is 0.577. The van der Waals surface area contributed by atoms with Gasteiger partial charge in [-0.2, -0.15) is 0 Å². The highest BCUT2D eigenvalue weighted by atomic mass is 19.3. The van der Waals surface area contributed by atoms with E-state index in [9.17, 15) is 18.7 Å². The van der Waals surface area contributed by atoms with Crippen molar-refractivity contribution in [3.05, 3.63) is 47.7 Å². The molecule has 2 saturated carbocycles. The number of nitrogen functional groups attached to an aromatic ring is 1. The molecule has 1 amide bonds. The highest BCUT2D eigenvalue weighted by Crippen LogP contribution is 2.54. The van der Waals surface area contributed by atoms with Gasteiger partial charge in [-0.25, -0.2) is 13.8 Å². The molecule has 0 spiro atoms. The lowest BCUT2D eigenvalue weighted by atomic mass is 9.58. The predicted molar refractivity (Wildman–Crippen MR) is 131 cm³/mol. The molecule has 2 aliphatic carbocycles. The van der Waals surface area contributed by atoms with Crippen molar-refractivity contribution in [2.24, 2.45) is 5.92 Å². The largest absolute Gasteiger partial charge is 0.393 e. The maximum absolute atomic E-state index is 13.6. The Morgan fingerprint density at radius 3 is 2.54 bits per heavy atom. The van der Waals surface area contributed by atoms with Crippen molar-refractivity contribution in [2.75, 3.05) is 25.4 Å². The fourth-order valence-electron chi connectivity index (χ4n) is 6.22.